The third kappa shape index (κ3) is 5.81. The molecule has 0 amide bonds. The molecule has 6 aromatic carbocycles. The van der Waals surface area contributed by atoms with Crippen molar-refractivity contribution in [2.75, 3.05) is 0 Å². The Morgan fingerprint density at radius 2 is 1.19 bits per heavy atom. The Morgan fingerprint density at radius 1 is 0.562 bits per heavy atom. The lowest BCUT2D eigenvalue weighted by atomic mass is 9.59. The van der Waals surface area contributed by atoms with Crippen LogP contribution in [-0.4, -0.2) is 50.9 Å². The monoisotopic (exact) mass is 615 g/mol. The zero-order chi connectivity index (χ0) is 33.4. The Bertz CT molecular complexity index is 2360. The maximum absolute atomic E-state index is 6.68. The van der Waals surface area contributed by atoms with Gasteiger partial charge in [-0.05, 0) is 52.1 Å². The highest BCUT2D eigenvalue weighted by Gasteiger charge is 2.17. The van der Waals surface area contributed by atoms with E-state index in [0.717, 1.165) is 49.8 Å². The number of fused-ring (bicyclic) bond motifs is 3. The van der Waals surface area contributed by atoms with E-state index in [1.165, 1.54) is 38.4 Å². The van der Waals surface area contributed by atoms with Gasteiger partial charge >= 0.3 is 0 Å². The van der Waals surface area contributed by atoms with Crippen LogP contribution >= 0.6 is 0 Å². The number of nitrogens with zero attached hydrogens (tertiary/aromatic N) is 2. The quantitative estimate of drug-likeness (QED) is 0.169. The molecule has 0 fully saturated rings. The first-order valence-electron chi connectivity index (χ1n) is 16.4. The van der Waals surface area contributed by atoms with Gasteiger partial charge in [-0.2, -0.15) is 0 Å². The highest BCUT2D eigenvalue weighted by Crippen LogP contribution is 2.34. The molecule has 0 aliphatic rings. The minimum absolute atomic E-state index is 0.418. The molecule has 48 heavy (non-hydrogen) atoms. The van der Waals surface area contributed by atoms with Crippen molar-refractivity contribution < 1.29 is 4.42 Å². The Balaban J connectivity index is 1.31. The summed E-state index contributed by atoms with van der Waals surface area (Å²) in [6.45, 7) is 0.419. The SMILES string of the molecule is Bc1c(B)c(B)c(-c2ccc3oc4cccc(C/N=C(\N=C(/N)c5cccc(-c6ccccc6)c5)c5ccccc5)c4c3c2)c(B)c1B. The summed E-state index contributed by atoms with van der Waals surface area (Å²) in [4.78, 5) is 10.0. The number of benzene rings is 6. The number of nitrogens with two attached hydrogens (primary N) is 1. The van der Waals surface area contributed by atoms with Crippen molar-refractivity contribution in [2.24, 2.45) is 15.7 Å². The predicted octanol–water partition coefficient (Wildman–Crippen LogP) is 0.564. The van der Waals surface area contributed by atoms with Gasteiger partial charge in [0.15, 0.2) is 5.84 Å². The maximum Gasteiger partial charge on any atom is 0.157 e. The summed E-state index contributed by atoms with van der Waals surface area (Å²) >= 11 is 0. The number of furan rings is 1. The molecule has 0 atom stereocenters. The fourth-order valence-corrected chi connectivity index (χ4v) is 6.73. The highest BCUT2D eigenvalue weighted by atomic mass is 16.3. The first-order chi connectivity index (χ1) is 23.3. The molecule has 1 aromatic heterocycles. The summed E-state index contributed by atoms with van der Waals surface area (Å²) in [7, 11) is 11.1. The Morgan fingerprint density at radius 3 is 1.92 bits per heavy atom. The van der Waals surface area contributed by atoms with Gasteiger partial charge in [0.25, 0.3) is 0 Å². The fraction of sp³-hybridized carbons (Fsp3) is 0.0256. The molecule has 0 bridgehead atoms. The van der Waals surface area contributed by atoms with Gasteiger partial charge in [0.05, 0.1) is 6.54 Å². The molecule has 0 saturated carbocycles. The van der Waals surface area contributed by atoms with E-state index in [4.69, 9.17) is 20.1 Å². The molecule has 7 aromatic rings. The van der Waals surface area contributed by atoms with E-state index in [0.29, 0.717) is 18.2 Å². The summed E-state index contributed by atoms with van der Waals surface area (Å²) in [6.07, 6.45) is 0. The van der Waals surface area contributed by atoms with Crippen LogP contribution in [0.15, 0.2) is 136 Å². The van der Waals surface area contributed by atoms with Gasteiger partial charge in [-0.3, -0.25) is 4.99 Å². The largest absolute Gasteiger partial charge is 0.456 e. The Kier molecular flexibility index (Phi) is 8.45. The van der Waals surface area contributed by atoms with Gasteiger partial charge in [0.1, 0.15) is 56.2 Å². The van der Waals surface area contributed by atoms with Crippen LogP contribution in [0.3, 0.4) is 0 Å². The Hall–Kier alpha value is -5.42. The molecule has 1 heterocycles. The van der Waals surface area contributed by atoms with E-state index in [9.17, 15) is 0 Å². The van der Waals surface area contributed by atoms with Crippen LogP contribution < -0.4 is 33.0 Å². The van der Waals surface area contributed by atoms with Crippen molar-refractivity contribution in [3.8, 4) is 22.3 Å². The number of hydrogen-bond donors (Lipinski definition) is 1. The number of hydrogen-bond acceptors (Lipinski definition) is 2. The molecule has 4 nitrogen and oxygen atoms in total. The normalized spacial score (nSPS) is 12.2. The molecule has 9 heteroatoms. The molecule has 226 valence electrons. The smallest absolute Gasteiger partial charge is 0.157 e. The zero-order valence-electron chi connectivity index (χ0n) is 28.1. The molecule has 0 saturated heterocycles. The second-order valence-corrected chi connectivity index (χ2v) is 12.6. The van der Waals surface area contributed by atoms with Crippen LogP contribution in [0.1, 0.15) is 16.7 Å². The van der Waals surface area contributed by atoms with E-state index < -0.39 is 0 Å². The third-order valence-corrected chi connectivity index (χ3v) is 9.79. The highest BCUT2D eigenvalue weighted by molar-refractivity contribution is 6.68. The van der Waals surface area contributed by atoms with Gasteiger partial charge in [-0.25, -0.2) is 4.99 Å². The molecule has 0 aliphatic carbocycles. The van der Waals surface area contributed by atoms with Crippen molar-refractivity contribution in [3.05, 3.63) is 138 Å². The van der Waals surface area contributed by atoms with Crippen LogP contribution in [0.5, 0.6) is 0 Å². The van der Waals surface area contributed by atoms with Crippen molar-refractivity contribution in [2.45, 2.75) is 6.54 Å². The van der Waals surface area contributed by atoms with Crippen LogP contribution in [-0.2, 0) is 6.54 Å². The molecular weight excluding hydrogens is 581 g/mol. The Labute approximate surface area is 286 Å². The first kappa shape index (κ1) is 31.2. The van der Waals surface area contributed by atoms with Gasteiger partial charge < -0.3 is 10.2 Å². The molecule has 0 radical (unpaired) electrons. The zero-order valence-corrected chi connectivity index (χ0v) is 28.1. The minimum atomic E-state index is 0.418. The average molecular weight is 615 g/mol. The summed E-state index contributed by atoms with van der Waals surface area (Å²) in [6, 6.07) is 41.2. The van der Waals surface area contributed by atoms with Gasteiger partial charge in [0, 0.05) is 21.9 Å². The summed E-state index contributed by atoms with van der Waals surface area (Å²) < 4.78 is 6.38. The van der Waals surface area contributed by atoms with E-state index in [-0.39, 0.29) is 0 Å². The maximum atomic E-state index is 6.68. The van der Waals surface area contributed by atoms with Crippen molar-refractivity contribution >= 4 is 100 Å². The van der Waals surface area contributed by atoms with Crippen LogP contribution in [0.25, 0.3) is 44.2 Å². The lowest BCUT2D eigenvalue weighted by Gasteiger charge is -2.20. The van der Waals surface area contributed by atoms with E-state index in [1.807, 2.05) is 72.8 Å². The number of rotatable bonds is 6. The second-order valence-electron chi connectivity index (χ2n) is 12.6. The van der Waals surface area contributed by atoms with E-state index in [1.54, 1.807) is 0 Å². The van der Waals surface area contributed by atoms with Crippen molar-refractivity contribution in [1.82, 2.24) is 0 Å². The summed E-state index contributed by atoms with van der Waals surface area (Å²) in [5.41, 5.74) is 22.6. The van der Waals surface area contributed by atoms with Gasteiger partial charge in [-0.15, -0.1) is 16.4 Å². The molecule has 2 N–H and O–H groups in total. The van der Waals surface area contributed by atoms with E-state index >= 15 is 0 Å². The predicted molar refractivity (Wildman–Crippen MR) is 219 cm³/mol. The number of aliphatic imine (C=N–C) groups is 2. The topological polar surface area (TPSA) is 63.9 Å². The van der Waals surface area contributed by atoms with Crippen LogP contribution in [0.4, 0.5) is 0 Å². The lowest BCUT2D eigenvalue weighted by Crippen LogP contribution is -2.55. The van der Waals surface area contributed by atoms with Crippen LogP contribution in [0.2, 0.25) is 0 Å². The molecule has 0 spiro atoms. The van der Waals surface area contributed by atoms with Gasteiger partial charge in [0.2, 0.25) is 0 Å². The number of amidine groups is 2. The summed E-state index contributed by atoms with van der Waals surface area (Å²) in [5.74, 6) is 1.00. The van der Waals surface area contributed by atoms with Crippen molar-refractivity contribution in [3.63, 3.8) is 0 Å². The lowest BCUT2D eigenvalue weighted by molar-refractivity contribution is 0.668. The molecular formula is C39H34B5N3O. The first-order valence-corrected chi connectivity index (χ1v) is 16.4. The fourth-order valence-electron chi connectivity index (χ4n) is 6.73. The average Bonchev–Trinajstić information content (AvgIpc) is 3.51. The third-order valence-electron chi connectivity index (χ3n) is 9.79. The van der Waals surface area contributed by atoms with E-state index in [2.05, 4.69) is 87.8 Å². The molecule has 0 unspecified atom stereocenters. The standard InChI is InChI=1S/C39H34B5N3O/c40-33-32(34(41)36(43)37(44)35(33)42)25-17-18-29-28(20-25)31-27(15-8-16-30(31)48-29)21-46-39(23-11-5-2-6-12-23)47-38(45)26-14-7-13-24(19-26)22-9-3-1-4-10-22/h1-20H,21,40-44H2,(H2,45,46,47). The summed E-state index contributed by atoms with van der Waals surface area (Å²) in [5, 5.41) is 2.17. The minimum Gasteiger partial charge on any atom is -0.456 e. The van der Waals surface area contributed by atoms with Crippen molar-refractivity contribution in [1.29, 1.82) is 0 Å². The van der Waals surface area contributed by atoms with Gasteiger partial charge in [-0.1, -0.05) is 108 Å². The van der Waals surface area contributed by atoms with Crippen LogP contribution in [0, 0.1) is 0 Å². The molecule has 7 rings (SSSR count). The second kappa shape index (κ2) is 13.0. The molecule has 0 aliphatic heterocycles.